The first-order valence-electron chi connectivity index (χ1n) is 8.06. The highest BCUT2D eigenvalue weighted by Gasteiger charge is 2.22. The number of piperidine rings is 1. The van der Waals surface area contributed by atoms with E-state index in [9.17, 15) is 9.59 Å². The first-order chi connectivity index (χ1) is 11.1. The summed E-state index contributed by atoms with van der Waals surface area (Å²) in [5.41, 5.74) is 8.12. The van der Waals surface area contributed by atoms with E-state index in [1.165, 1.54) is 17.7 Å². The van der Waals surface area contributed by atoms with Gasteiger partial charge in [-0.3, -0.25) is 4.79 Å². The molecule has 1 aliphatic rings. The largest absolute Gasteiger partial charge is 0.463 e. The molecule has 1 aromatic carbocycles. The van der Waals surface area contributed by atoms with Gasteiger partial charge in [0.2, 0.25) is 5.91 Å². The molecule has 1 amide bonds. The van der Waals surface area contributed by atoms with E-state index >= 15 is 0 Å². The van der Waals surface area contributed by atoms with Crippen molar-refractivity contribution in [3.05, 3.63) is 47.5 Å². The number of hydrogen-bond acceptors (Lipinski definition) is 4. The van der Waals surface area contributed by atoms with Crippen LogP contribution in [0.4, 0.5) is 0 Å². The number of rotatable bonds is 5. The van der Waals surface area contributed by atoms with Crippen LogP contribution in [0.25, 0.3) is 0 Å². The van der Waals surface area contributed by atoms with E-state index in [1.807, 2.05) is 12.1 Å². The zero-order valence-electron chi connectivity index (χ0n) is 13.5. The Morgan fingerprint density at radius 1 is 1.30 bits per heavy atom. The number of carbonyl (C=O) groups excluding carboxylic acids is 2. The molecule has 2 N–H and O–H groups in total. The van der Waals surface area contributed by atoms with Gasteiger partial charge in [-0.2, -0.15) is 0 Å². The van der Waals surface area contributed by atoms with Crippen LogP contribution >= 0.6 is 0 Å². The normalized spacial score (nSPS) is 15.8. The highest BCUT2D eigenvalue weighted by molar-refractivity contribution is 5.94. The molecule has 0 atom stereocenters. The van der Waals surface area contributed by atoms with Crippen molar-refractivity contribution in [2.45, 2.75) is 32.2 Å². The van der Waals surface area contributed by atoms with Gasteiger partial charge in [-0.05, 0) is 36.8 Å². The minimum Gasteiger partial charge on any atom is -0.463 e. The molecule has 124 valence electrons. The summed E-state index contributed by atoms with van der Waals surface area (Å²) in [6, 6.07) is 8.35. The zero-order chi connectivity index (χ0) is 16.7. The van der Waals surface area contributed by atoms with Crippen LogP contribution in [0, 0.1) is 0 Å². The summed E-state index contributed by atoms with van der Waals surface area (Å²) in [5.74, 6) is -0.152. The molecule has 0 aliphatic carbocycles. The maximum atomic E-state index is 12.1. The fourth-order valence-corrected chi connectivity index (χ4v) is 2.84. The lowest BCUT2D eigenvalue weighted by molar-refractivity contribution is -0.137. The Bertz CT molecular complexity index is 575. The average Bonchev–Trinajstić information content (AvgIpc) is 2.60. The van der Waals surface area contributed by atoms with E-state index in [2.05, 4.69) is 12.1 Å². The minimum atomic E-state index is -0.477. The highest BCUT2D eigenvalue weighted by atomic mass is 16.5. The first kappa shape index (κ1) is 17.2. The Hall–Kier alpha value is -2.14. The van der Waals surface area contributed by atoms with E-state index in [1.54, 1.807) is 11.8 Å². The van der Waals surface area contributed by atoms with Crippen molar-refractivity contribution in [2.24, 2.45) is 5.73 Å². The number of hydrogen-bond donors (Lipinski definition) is 1. The predicted molar refractivity (Wildman–Crippen MR) is 88.7 cm³/mol. The van der Waals surface area contributed by atoms with Gasteiger partial charge in [-0.15, -0.1) is 0 Å². The van der Waals surface area contributed by atoms with Crippen molar-refractivity contribution in [2.75, 3.05) is 19.7 Å². The third kappa shape index (κ3) is 4.93. The molecule has 0 spiro atoms. The van der Waals surface area contributed by atoms with Gasteiger partial charge < -0.3 is 15.4 Å². The Kier molecular flexibility index (Phi) is 6.35. The lowest BCUT2D eigenvalue weighted by Crippen LogP contribution is -2.37. The van der Waals surface area contributed by atoms with E-state index < -0.39 is 5.97 Å². The third-order valence-corrected chi connectivity index (χ3v) is 4.11. The van der Waals surface area contributed by atoms with Crippen LogP contribution < -0.4 is 5.73 Å². The lowest BCUT2D eigenvalue weighted by atomic mass is 9.88. The second-order valence-corrected chi connectivity index (χ2v) is 5.63. The molecular weight excluding hydrogens is 292 g/mol. The summed E-state index contributed by atoms with van der Waals surface area (Å²) in [6.07, 6.45) is 4.34. The number of ether oxygens (including phenoxy) is 1. The number of benzene rings is 1. The van der Waals surface area contributed by atoms with Crippen molar-refractivity contribution >= 4 is 11.9 Å². The molecule has 5 nitrogen and oxygen atoms in total. The van der Waals surface area contributed by atoms with Crippen LogP contribution in [0.2, 0.25) is 0 Å². The van der Waals surface area contributed by atoms with Crippen LogP contribution in [-0.2, 0) is 20.9 Å². The molecule has 2 rings (SSSR count). The van der Waals surface area contributed by atoms with Gasteiger partial charge in [-0.25, -0.2) is 4.79 Å². The number of esters is 1. The van der Waals surface area contributed by atoms with E-state index in [0.717, 1.165) is 18.4 Å². The Morgan fingerprint density at radius 2 is 2.04 bits per heavy atom. The van der Waals surface area contributed by atoms with Crippen LogP contribution in [0.5, 0.6) is 0 Å². The second kappa shape index (κ2) is 8.48. The monoisotopic (exact) mass is 316 g/mol. The molecule has 0 radical (unpaired) electrons. The SMILES string of the molecule is CCOC(=O)/C=C/C(=O)N1CCC(c2cccc(CN)c2)CC1. The smallest absolute Gasteiger partial charge is 0.330 e. The molecule has 0 bridgehead atoms. The van der Waals surface area contributed by atoms with Crippen molar-refractivity contribution in [3.63, 3.8) is 0 Å². The summed E-state index contributed by atoms with van der Waals surface area (Å²) >= 11 is 0. The van der Waals surface area contributed by atoms with Gasteiger partial charge in [0.1, 0.15) is 0 Å². The van der Waals surface area contributed by atoms with Crippen molar-refractivity contribution in [3.8, 4) is 0 Å². The average molecular weight is 316 g/mol. The number of likely N-dealkylation sites (tertiary alicyclic amines) is 1. The van der Waals surface area contributed by atoms with Gasteiger partial charge in [0.15, 0.2) is 0 Å². The quantitative estimate of drug-likeness (QED) is 0.666. The minimum absolute atomic E-state index is 0.132. The van der Waals surface area contributed by atoms with Gasteiger partial charge >= 0.3 is 5.97 Å². The fraction of sp³-hybridized carbons (Fsp3) is 0.444. The standard InChI is InChI=1S/C18H24N2O3/c1-2-23-18(22)7-6-17(21)20-10-8-15(9-11-20)16-5-3-4-14(12-16)13-19/h3-7,12,15H,2,8-11,13,19H2,1H3/b7-6+. The fourth-order valence-electron chi connectivity index (χ4n) is 2.84. The molecule has 1 saturated heterocycles. The third-order valence-electron chi connectivity index (χ3n) is 4.11. The summed E-state index contributed by atoms with van der Waals surface area (Å²) in [6.45, 7) is 3.99. The number of nitrogens with zero attached hydrogens (tertiary/aromatic N) is 1. The van der Waals surface area contributed by atoms with Gasteiger partial charge in [0.05, 0.1) is 6.61 Å². The van der Waals surface area contributed by atoms with Crippen molar-refractivity contribution in [1.29, 1.82) is 0 Å². The maximum absolute atomic E-state index is 12.1. The van der Waals surface area contributed by atoms with E-state index in [0.29, 0.717) is 32.2 Å². The maximum Gasteiger partial charge on any atom is 0.330 e. The van der Waals surface area contributed by atoms with Gasteiger partial charge in [-0.1, -0.05) is 24.3 Å². The molecule has 1 aromatic rings. The number of amides is 1. The number of nitrogens with two attached hydrogens (primary N) is 1. The molecule has 0 saturated carbocycles. The van der Waals surface area contributed by atoms with Crippen molar-refractivity contribution < 1.29 is 14.3 Å². The Labute approximate surface area is 137 Å². The van der Waals surface area contributed by atoms with Crippen molar-refractivity contribution in [1.82, 2.24) is 4.90 Å². The molecule has 1 aliphatic heterocycles. The topological polar surface area (TPSA) is 72.6 Å². The van der Waals surface area contributed by atoms with Crippen LogP contribution in [0.15, 0.2) is 36.4 Å². The first-order valence-corrected chi connectivity index (χ1v) is 8.06. The molecule has 0 aromatic heterocycles. The van der Waals surface area contributed by atoms with Gasteiger partial charge in [0, 0.05) is 31.8 Å². The number of carbonyl (C=O) groups is 2. The molecule has 0 unspecified atom stereocenters. The highest BCUT2D eigenvalue weighted by Crippen LogP contribution is 2.28. The van der Waals surface area contributed by atoms with Crippen LogP contribution in [-0.4, -0.2) is 36.5 Å². The summed E-state index contributed by atoms with van der Waals surface area (Å²) in [7, 11) is 0. The lowest BCUT2D eigenvalue weighted by Gasteiger charge is -2.31. The van der Waals surface area contributed by atoms with Gasteiger partial charge in [0.25, 0.3) is 0 Å². The molecule has 5 heteroatoms. The molecule has 1 heterocycles. The summed E-state index contributed by atoms with van der Waals surface area (Å²) < 4.78 is 4.77. The predicted octanol–water partition coefficient (Wildman–Crippen LogP) is 1.97. The summed E-state index contributed by atoms with van der Waals surface area (Å²) in [4.78, 5) is 25.1. The van der Waals surface area contributed by atoms with Crippen LogP contribution in [0.3, 0.4) is 0 Å². The van der Waals surface area contributed by atoms with E-state index in [4.69, 9.17) is 10.5 Å². The zero-order valence-corrected chi connectivity index (χ0v) is 13.5. The Balaban J connectivity index is 1.88. The molecular formula is C18H24N2O3. The molecule has 23 heavy (non-hydrogen) atoms. The summed E-state index contributed by atoms with van der Waals surface area (Å²) in [5, 5.41) is 0. The molecule has 1 fully saturated rings. The van der Waals surface area contributed by atoms with E-state index in [-0.39, 0.29) is 5.91 Å². The van der Waals surface area contributed by atoms with Crippen LogP contribution in [0.1, 0.15) is 36.8 Å². The second-order valence-electron chi connectivity index (χ2n) is 5.63. The Morgan fingerprint density at radius 3 is 2.70 bits per heavy atom.